The first-order chi connectivity index (χ1) is 9.81. The van der Waals surface area contributed by atoms with Gasteiger partial charge in [-0.15, -0.1) is 0 Å². The van der Waals surface area contributed by atoms with Crippen LogP contribution in [-0.4, -0.2) is 35.0 Å². The summed E-state index contributed by atoms with van der Waals surface area (Å²) in [6.45, 7) is 6.68. The van der Waals surface area contributed by atoms with Crippen molar-refractivity contribution in [1.82, 2.24) is 4.90 Å². The van der Waals surface area contributed by atoms with Crippen molar-refractivity contribution in [3.63, 3.8) is 0 Å². The van der Waals surface area contributed by atoms with E-state index in [1.54, 1.807) is 17.0 Å². The van der Waals surface area contributed by atoms with Crippen LogP contribution in [0.2, 0.25) is 5.02 Å². The van der Waals surface area contributed by atoms with Gasteiger partial charge in [0.1, 0.15) is 0 Å². The maximum absolute atomic E-state index is 12.5. The Kier molecular flexibility index (Phi) is 4.57. The Morgan fingerprint density at radius 1 is 1.33 bits per heavy atom. The van der Waals surface area contributed by atoms with E-state index in [-0.39, 0.29) is 18.4 Å². The fourth-order valence-electron chi connectivity index (χ4n) is 2.77. The van der Waals surface area contributed by atoms with E-state index in [1.807, 2.05) is 26.8 Å². The van der Waals surface area contributed by atoms with Gasteiger partial charge in [-0.25, -0.2) is 0 Å². The van der Waals surface area contributed by atoms with E-state index >= 15 is 0 Å². The van der Waals surface area contributed by atoms with Gasteiger partial charge in [0.15, 0.2) is 0 Å². The number of amides is 1. The van der Waals surface area contributed by atoms with Gasteiger partial charge in [-0.05, 0) is 29.5 Å². The first kappa shape index (κ1) is 15.8. The lowest BCUT2D eigenvalue weighted by Gasteiger charge is -2.17. The Labute approximate surface area is 129 Å². The van der Waals surface area contributed by atoms with Gasteiger partial charge in [0.2, 0.25) is 0 Å². The highest BCUT2D eigenvalue weighted by Gasteiger charge is 2.37. The van der Waals surface area contributed by atoms with Gasteiger partial charge < -0.3 is 10.0 Å². The average molecular weight is 310 g/mol. The van der Waals surface area contributed by atoms with Gasteiger partial charge in [0.25, 0.3) is 5.91 Å². The lowest BCUT2D eigenvalue weighted by atomic mass is 9.99. The van der Waals surface area contributed by atoms with E-state index in [9.17, 15) is 9.59 Å². The molecule has 114 valence electrons. The highest BCUT2D eigenvalue weighted by atomic mass is 35.5. The molecule has 5 heteroatoms. The molecule has 21 heavy (non-hydrogen) atoms. The van der Waals surface area contributed by atoms with Crippen molar-refractivity contribution in [2.24, 2.45) is 11.8 Å². The third kappa shape index (κ3) is 3.21. The Balaban J connectivity index is 2.18. The van der Waals surface area contributed by atoms with E-state index < -0.39 is 11.9 Å². The number of benzene rings is 1. The zero-order valence-electron chi connectivity index (χ0n) is 12.5. The number of likely N-dealkylation sites (tertiary alicyclic amines) is 1. The van der Waals surface area contributed by atoms with Crippen LogP contribution in [-0.2, 0) is 4.79 Å². The molecule has 1 aliphatic heterocycles. The molecule has 2 rings (SSSR count). The smallest absolute Gasteiger partial charge is 0.308 e. The van der Waals surface area contributed by atoms with E-state index in [1.165, 1.54) is 0 Å². The lowest BCUT2D eigenvalue weighted by Crippen LogP contribution is -2.30. The SMILES string of the molecule is CC(C)c1ccc(C(=O)N2C[C@@H](C)[C@H](C(=O)O)C2)cc1Cl. The molecular formula is C16H20ClNO3. The van der Waals surface area contributed by atoms with Crippen molar-refractivity contribution in [1.29, 1.82) is 0 Å². The number of nitrogens with zero attached hydrogens (tertiary/aromatic N) is 1. The number of hydrogen-bond donors (Lipinski definition) is 1. The molecule has 4 nitrogen and oxygen atoms in total. The van der Waals surface area contributed by atoms with Gasteiger partial charge in [-0.2, -0.15) is 0 Å². The zero-order valence-corrected chi connectivity index (χ0v) is 13.2. The molecule has 0 unspecified atom stereocenters. The summed E-state index contributed by atoms with van der Waals surface area (Å²) in [4.78, 5) is 25.2. The minimum absolute atomic E-state index is 0.0307. The number of carboxylic acids is 1. The molecule has 1 aliphatic rings. The maximum atomic E-state index is 12.5. The maximum Gasteiger partial charge on any atom is 0.308 e. The molecule has 1 heterocycles. The third-order valence-electron chi connectivity index (χ3n) is 4.09. The fraction of sp³-hybridized carbons (Fsp3) is 0.500. The summed E-state index contributed by atoms with van der Waals surface area (Å²) < 4.78 is 0. The van der Waals surface area contributed by atoms with Gasteiger partial charge in [-0.1, -0.05) is 38.4 Å². The largest absolute Gasteiger partial charge is 0.481 e. The minimum atomic E-state index is -0.842. The number of carboxylic acid groups (broad SMARTS) is 1. The summed E-state index contributed by atoms with van der Waals surface area (Å²) in [6.07, 6.45) is 0. The van der Waals surface area contributed by atoms with E-state index in [0.29, 0.717) is 23.0 Å². The number of carbonyl (C=O) groups is 2. The third-order valence-corrected chi connectivity index (χ3v) is 4.41. The monoisotopic (exact) mass is 309 g/mol. The second-order valence-corrected chi connectivity index (χ2v) is 6.43. The van der Waals surface area contributed by atoms with Crippen LogP contribution in [0.3, 0.4) is 0 Å². The van der Waals surface area contributed by atoms with Crippen molar-refractivity contribution in [3.05, 3.63) is 34.3 Å². The Morgan fingerprint density at radius 2 is 2.00 bits per heavy atom. The molecule has 1 aromatic rings. The summed E-state index contributed by atoms with van der Waals surface area (Å²) in [5.74, 6) is -1.21. The first-order valence-electron chi connectivity index (χ1n) is 7.12. The van der Waals surface area contributed by atoms with E-state index in [4.69, 9.17) is 16.7 Å². The number of aliphatic carboxylic acids is 1. The summed E-state index contributed by atoms with van der Waals surface area (Å²) in [7, 11) is 0. The number of hydrogen-bond acceptors (Lipinski definition) is 2. The predicted octanol–water partition coefficient (Wildman–Crippen LogP) is 3.26. The van der Waals surface area contributed by atoms with Crippen LogP contribution in [0.25, 0.3) is 0 Å². The summed E-state index contributed by atoms with van der Waals surface area (Å²) in [6, 6.07) is 5.31. The van der Waals surface area contributed by atoms with Gasteiger partial charge in [0, 0.05) is 23.7 Å². The molecule has 1 fully saturated rings. The molecule has 1 saturated heterocycles. The molecule has 0 aliphatic carbocycles. The average Bonchev–Trinajstić information content (AvgIpc) is 2.79. The molecule has 0 radical (unpaired) electrons. The molecule has 0 bridgehead atoms. The second-order valence-electron chi connectivity index (χ2n) is 6.02. The van der Waals surface area contributed by atoms with Crippen LogP contribution >= 0.6 is 11.6 Å². The van der Waals surface area contributed by atoms with Crippen molar-refractivity contribution in [2.45, 2.75) is 26.7 Å². The van der Waals surface area contributed by atoms with Crippen LogP contribution in [0.4, 0.5) is 0 Å². The summed E-state index contributed by atoms with van der Waals surface area (Å²) in [5, 5.41) is 9.72. The molecule has 1 aromatic carbocycles. The summed E-state index contributed by atoms with van der Waals surface area (Å²) >= 11 is 6.22. The van der Waals surface area contributed by atoms with Crippen molar-refractivity contribution < 1.29 is 14.7 Å². The molecule has 0 aromatic heterocycles. The Morgan fingerprint density at radius 3 is 2.48 bits per heavy atom. The minimum Gasteiger partial charge on any atom is -0.481 e. The van der Waals surface area contributed by atoms with E-state index in [0.717, 1.165) is 5.56 Å². The Hall–Kier alpha value is -1.55. The predicted molar refractivity (Wildman–Crippen MR) is 81.7 cm³/mol. The number of halogens is 1. The standard InChI is InChI=1S/C16H20ClNO3/c1-9(2)12-5-4-11(6-14(12)17)15(19)18-7-10(3)13(8-18)16(20)21/h4-6,9-10,13H,7-8H2,1-3H3,(H,20,21)/t10-,13-/m1/s1. The van der Waals surface area contributed by atoms with Crippen molar-refractivity contribution >= 4 is 23.5 Å². The van der Waals surface area contributed by atoms with E-state index in [2.05, 4.69) is 0 Å². The van der Waals surface area contributed by atoms with Gasteiger partial charge in [0.05, 0.1) is 5.92 Å². The quantitative estimate of drug-likeness (QED) is 0.932. The summed E-state index contributed by atoms with van der Waals surface area (Å²) in [5.41, 5.74) is 1.52. The van der Waals surface area contributed by atoms with Crippen molar-refractivity contribution in [3.8, 4) is 0 Å². The molecular weight excluding hydrogens is 290 g/mol. The topological polar surface area (TPSA) is 57.6 Å². The lowest BCUT2D eigenvalue weighted by molar-refractivity contribution is -0.142. The van der Waals surface area contributed by atoms with Crippen LogP contribution in [0.1, 0.15) is 42.6 Å². The van der Waals surface area contributed by atoms with Crippen LogP contribution < -0.4 is 0 Å². The van der Waals surface area contributed by atoms with Crippen molar-refractivity contribution in [2.75, 3.05) is 13.1 Å². The normalized spacial score (nSPS) is 21.9. The van der Waals surface area contributed by atoms with Crippen LogP contribution in [0.5, 0.6) is 0 Å². The zero-order chi connectivity index (χ0) is 15.7. The number of carbonyl (C=O) groups excluding carboxylic acids is 1. The van der Waals surface area contributed by atoms with Gasteiger partial charge >= 0.3 is 5.97 Å². The highest BCUT2D eigenvalue weighted by Crippen LogP contribution is 2.28. The highest BCUT2D eigenvalue weighted by molar-refractivity contribution is 6.31. The number of rotatable bonds is 3. The molecule has 2 atom stereocenters. The first-order valence-corrected chi connectivity index (χ1v) is 7.50. The fourth-order valence-corrected chi connectivity index (χ4v) is 3.16. The second kappa shape index (κ2) is 6.06. The van der Waals surface area contributed by atoms with Crippen LogP contribution in [0.15, 0.2) is 18.2 Å². The van der Waals surface area contributed by atoms with Crippen LogP contribution in [0, 0.1) is 11.8 Å². The molecule has 1 N–H and O–H groups in total. The van der Waals surface area contributed by atoms with Gasteiger partial charge in [-0.3, -0.25) is 9.59 Å². The Bertz CT molecular complexity index is 571. The molecule has 0 spiro atoms. The molecule has 0 saturated carbocycles. The molecule has 1 amide bonds.